The highest BCUT2D eigenvalue weighted by Crippen LogP contribution is 2.33. The molecule has 1 aromatic heterocycles. The number of hydrogen-bond acceptors (Lipinski definition) is 5. The summed E-state index contributed by atoms with van der Waals surface area (Å²) in [6.45, 7) is 1.02. The second-order valence-electron chi connectivity index (χ2n) is 4.63. The van der Waals surface area contributed by atoms with Gasteiger partial charge in [0.15, 0.2) is 0 Å². The van der Waals surface area contributed by atoms with Crippen LogP contribution < -0.4 is 5.32 Å². The van der Waals surface area contributed by atoms with Crippen LogP contribution in [0.3, 0.4) is 0 Å². The minimum atomic E-state index is -3.20. The molecule has 0 saturated carbocycles. The molecule has 2 rings (SSSR count). The van der Waals surface area contributed by atoms with Gasteiger partial charge in [-0.05, 0) is 25.0 Å². The van der Waals surface area contributed by atoms with Gasteiger partial charge < -0.3 is 10.4 Å². The SMILES string of the molecule is CS(=O)(=O)N1CCC[C@@H]1c1cccc(NCCO)n1. The van der Waals surface area contributed by atoms with Gasteiger partial charge in [-0.3, -0.25) is 0 Å². The number of aromatic nitrogens is 1. The van der Waals surface area contributed by atoms with Crippen molar-refractivity contribution in [1.82, 2.24) is 9.29 Å². The Labute approximate surface area is 113 Å². The summed E-state index contributed by atoms with van der Waals surface area (Å²) in [5, 5.41) is 11.8. The molecular formula is C12H19N3O3S. The summed E-state index contributed by atoms with van der Waals surface area (Å²) in [7, 11) is -3.20. The van der Waals surface area contributed by atoms with E-state index in [4.69, 9.17) is 5.11 Å². The smallest absolute Gasteiger partial charge is 0.211 e. The molecule has 0 aliphatic carbocycles. The maximum atomic E-state index is 11.7. The Hall–Kier alpha value is -1.18. The fourth-order valence-electron chi connectivity index (χ4n) is 2.35. The number of aliphatic hydroxyl groups is 1. The molecule has 0 bridgehead atoms. The summed E-state index contributed by atoms with van der Waals surface area (Å²) in [5.74, 6) is 0.659. The van der Waals surface area contributed by atoms with Crippen molar-refractivity contribution in [3.8, 4) is 0 Å². The first kappa shape index (κ1) is 14.2. The van der Waals surface area contributed by atoms with E-state index in [1.54, 1.807) is 6.07 Å². The topological polar surface area (TPSA) is 82.5 Å². The molecule has 1 saturated heterocycles. The van der Waals surface area contributed by atoms with Gasteiger partial charge in [0.25, 0.3) is 0 Å². The molecule has 7 heteroatoms. The van der Waals surface area contributed by atoms with E-state index in [0.717, 1.165) is 18.5 Å². The summed E-state index contributed by atoms with van der Waals surface area (Å²) in [4.78, 5) is 4.43. The largest absolute Gasteiger partial charge is 0.395 e. The number of sulfonamides is 1. The first-order valence-electron chi connectivity index (χ1n) is 6.31. The summed E-state index contributed by atoms with van der Waals surface area (Å²) >= 11 is 0. The number of nitrogens with zero attached hydrogens (tertiary/aromatic N) is 2. The van der Waals surface area contributed by atoms with E-state index < -0.39 is 10.0 Å². The van der Waals surface area contributed by atoms with E-state index in [0.29, 0.717) is 18.9 Å². The van der Waals surface area contributed by atoms with Crippen LogP contribution in [0.4, 0.5) is 5.82 Å². The minimum Gasteiger partial charge on any atom is -0.395 e. The average molecular weight is 285 g/mol. The molecular weight excluding hydrogens is 266 g/mol. The molecule has 0 radical (unpaired) electrons. The molecule has 2 N–H and O–H groups in total. The lowest BCUT2D eigenvalue weighted by Crippen LogP contribution is -2.30. The summed E-state index contributed by atoms with van der Waals surface area (Å²) in [6.07, 6.45) is 2.89. The summed E-state index contributed by atoms with van der Waals surface area (Å²) in [5.41, 5.74) is 0.755. The highest BCUT2D eigenvalue weighted by atomic mass is 32.2. The van der Waals surface area contributed by atoms with Gasteiger partial charge in [-0.25, -0.2) is 13.4 Å². The van der Waals surface area contributed by atoms with Crippen molar-refractivity contribution in [3.05, 3.63) is 23.9 Å². The van der Waals surface area contributed by atoms with E-state index in [1.165, 1.54) is 10.6 Å². The number of anilines is 1. The average Bonchev–Trinajstić information content (AvgIpc) is 2.86. The molecule has 0 aromatic carbocycles. The first-order valence-corrected chi connectivity index (χ1v) is 8.15. The predicted octanol–water partition coefficient (Wildman–Crippen LogP) is 0.582. The third-order valence-electron chi connectivity index (χ3n) is 3.16. The van der Waals surface area contributed by atoms with Gasteiger partial charge in [0.2, 0.25) is 10.0 Å². The van der Waals surface area contributed by atoms with Gasteiger partial charge in [-0.2, -0.15) is 4.31 Å². The van der Waals surface area contributed by atoms with Crippen LogP contribution in [0.2, 0.25) is 0 Å². The molecule has 1 atom stereocenters. The molecule has 1 aliphatic heterocycles. The van der Waals surface area contributed by atoms with Crippen molar-refractivity contribution in [2.75, 3.05) is 31.3 Å². The predicted molar refractivity (Wildman–Crippen MR) is 73.3 cm³/mol. The number of pyridine rings is 1. The fourth-order valence-corrected chi connectivity index (χ4v) is 3.49. The standard InChI is InChI=1S/C12H19N3O3S/c1-19(17,18)15-8-3-5-11(15)10-4-2-6-12(14-10)13-7-9-16/h2,4,6,11,16H,3,5,7-9H2,1H3,(H,13,14)/t11-/m1/s1. The fraction of sp³-hybridized carbons (Fsp3) is 0.583. The summed E-state index contributed by atoms with van der Waals surface area (Å²) < 4.78 is 25.0. The van der Waals surface area contributed by atoms with Crippen LogP contribution in [-0.4, -0.2) is 48.8 Å². The molecule has 1 aromatic rings. The normalized spacial score (nSPS) is 20.6. The van der Waals surface area contributed by atoms with E-state index in [1.807, 2.05) is 12.1 Å². The number of nitrogens with one attached hydrogen (secondary N) is 1. The first-order chi connectivity index (χ1) is 9.02. The molecule has 19 heavy (non-hydrogen) atoms. The van der Waals surface area contributed by atoms with Crippen molar-refractivity contribution in [1.29, 1.82) is 0 Å². The Morgan fingerprint density at radius 2 is 2.32 bits per heavy atom. The maximum absolute atomic E-state index is 11.7. The molecule has 106 valence electrons. The van der Waals surface area contributed by atoms with Crippen molar-refractivity contribution in [2.24, 2.45) is 0 Å². The van der Waals surface area contributed by atoms with E-state index >= 15 is 0 Å². The highest BCUT2D eigenvalue weighted by Gasteiger charge is 2.33. The van der Waals surface area contributed by atoms with Gasteiger partial charge >= 0.3 is 0 Å². The molecule has 2 heterocycles. The molecule has 0 amide bonds. The zero-order valence-corrected chi connectivity index (χ0v) is 11.7. The van der Waals surface area contributed by atoms with Crippen LogP contribution in [0.5, 0.6) is 0 Å². The van der Waals surface area contributed by atoms with Gasteiger partial charge in [-0.15, -0.1) is 0 Å². The molecule has 6 nitrogen and oxygen atoms in total. The van der Waals surface area contributed by atoms with Crippen LogP contribution in [0.25, 0.3) is 0 Å². The van der Waals surface area contributed by atoms with Crippen LogP contribution in [0.1, 0.15) is 24.6 Å². The van der Waals surface area contributed by atoms with Gasteiger partial charge in [0.1, 0.15) is 5.82 Å². The third-order valence-corrected chi connectivity index (χ3v) is 4.45. The quantitative estimate of drug-likeness (QED) is 0.827. The molecule has 1 fully saturated rings. The van der Waals surface area contributed by atoms with Crippen molar-refractivity contribution < 1.29 is 13.5 Å². The lowest BCUT2D eigenvalue weighted by molar-refractivity contribution is 0.311. The Morgan fingerprint density at radius 3 is 3.00 bits per heavy atom. The van der Waals surface area contributed by atoms with E-state index in [-0.39, 0.29) is 12.6 Å². The Balaban J connectivity index is 2.21. The molecule has 0 unspecified atom stereocenters. The van der Waals surface area contributed by atoms with Gasteiger partial charge in [-0.1, -0.05) is 6.07 Å². The van der Waals surface area contributed by atoms with Crippen LogP contribution >= 0.6 is 0 Å². The van der Waals surface area contributed by atoms with Crippen LogP contribution in [0, 0.1) is 0 Å². The Morgan fingerprint density at radius 1 is 1.53 bits per heavy atom. The second-order valence-corrected chi connectivity index (χ2v) is 6.56. The Kier molecular flexibility index (Phi) is 4.38. The van der Waals surface area contributed by atoms with E-state index in [9.17, 15) is 8.42 Å². The lowest BCUT2D eigenvalue weighted by atomic mass is 10.1. The van der Waals surface area contributed by atoms with Gasteiger partial charge in [0, 0.05) is 13.1 Å². The maximum Gasteiger partial charge on any atom is 0.211 e. The lowest BCUT2D eigenvalue weighted by Gasteiger charge is -2.22. The van der Waals surface area contributed by atoms with E-state index in [2.05, 4.69) is 10.3 Å². The van der Waals surface area contributed by atoms with Crippen molar-refractivity contribution >= 4 is 15.8 Å². The van der Waals surface area contributed by atoms with Gasteiger partial charge in [0.05, 0.1) is 24.6 Å². The Bertz CT molecular complexity index is 533. The number of hydrogen-bond donors (Lipinski definition) is 2. The third kappa shape index (κ3) is 3.43. The zero-order chi connectivity index (χ0) is 13.9. The van der Waals surface area contributed by atoms with Crippen LogP contribution in [-0.2, 0) is 10.0 Å². The molecule has 1 aliphatic rings. The number of rotatable bonds is 5. The summed E-state index contributed by atoms with van der Waals surface area (Å²) in [6, 6.07) is 5.32. The van der Waals surface area contributed by atoms with Crippen LogP contribution in [0.15, 0.2) is 18.2 Å². The highest BCUT2D eigenvalue weighted by molar-refractivity contribution is 7.88. The van der Waals surface area contributed by atoms with Crippen molar-refractivity contribution in [3.63, 3.8) is 0 Å². The second kappa shape index (κ2) is 5.85. The molecule has 0 spiro atoms. The number of aliphatic hydroxyl groups excluding tert-OH is 1. The zero-order valence-electron chi connectivity index (χ0n) is 10.9. The van der Waals surface area contributed by atoms with Crippen molar-refractivity contribution in [2.45, 2.75) is 18.9 Å². The monoisotopic (exact) mass is 285 g/mol. The minimum absolute atomic E-state index is 0.0325.